The average molecular weight is 457 g/mol. The minimum atomic E-state index is -0.118. The number of anilines is 1. The molecule has 2 aromatic rings. The van der Waals surface area contributed by atoms with E-state index >= 15 is 0 Å². The molecule has 1 amide bonds. The van der Waals surface area contributed by atoms with Crippen molar-refractivity contribution in [3.8, 4) is 11.5 Å². The molecule has 1 N–H and O–H groups in total. The van der Waals surface area contributed by atoms with E-state index in [1.54, 1.807) is 32.4 Å². The van der Waals surface area contributed by atoms with Crippen molar-refractivity contribution in [2.75, 3.05) is 25.3 Å². The van der Waals surface area contributed by atoms with Gasteiger partial charge in [-0.3, -0.25) is 4.79 Å². The maximum atomic E-state index is 12.6. The van der Waals surface area contributed by atoms with Gasteiger partial charge >= 0.3 is 0 Å². The topological polar surface area (TPSA) is 78.3 Å². The van der Waals surface area contributed by atoms with Gasteiger partial charge in [0.15, 0.2) is 5.16 Å². The van der Waals surface area contributed by atoms with E-state index in [9.17, 15) is 4.79 Å². The molecule has 4 saturated carbocycles. The first-order chi connectivity index (χ1) is 15.5. The predicted molar refractivity (Wildman–Crippen MR) is 124 cm³/mol. The largest absolute Gasteiger partial charge is 0.497 e. The van der Waals surface area contributed by atoms with Gasteiger partial charge < -0.3 is 19.4 Å². The Morgan fingerprint density at radius 2 is 1.81 bits per heavy atom. The van der Waals surface area contributed by atoms with Crippen LogP contribution in [0.1, 0.15) is 44.3 Å². The van der Waals surface area contributed by atoms with Crippen molar-refractivity contribution in [3.63, 3.8) is 0 Å². The summed E-state index contributed by atoms with van der Waals surface area (Å²) in [6, 6.07) is 5.34. The Kier molecular flexibility index (Phi) is 5.82. The monoisotopic (exact) mass is 456 g/mol. The summed E-state index contributed by atoms with van der Waals surface area (Å²) in [5.41, 5.74) is 1.02. The van der Waals surface area contributed by atoms with E-state index in [0.717, 1.165) is 35.2 Å². The van der Waals surface area contributed by atoms with E-state index in [0.29, 0.717) is 22.6 Å². The van der Waals surface area contributed by atoms with E-state index in [1.807, 2.05) is 7.05 Å². The van der Waals surface area contributed by atoms with Gasteiger partial charge in [0.05, 0.1) is 25.7 Å². The normalized spacial score (nSPS) is 28.0. The summed E-state index contributed by atoms with van der Waals surface area (Å²) in [6.07, 6.45) is 9.45. The lowest BCUT2D eigenvalue weighted by atomic mass is 9.49. The first-order valence-electron chi connectivity index (χ1n) is 11.5. The molecule has 0 spiro atoms. The molecule has 172 valence electrons. The van der Waals surface area contributed by atoms with Crippen molar-refractivity contribution in [1.29, 1.82) is 0 Å². The van der Waals surface area contributed by atoms with E-state index < -0.39 is 0 Å². The van der Waals surface area contributed by atoms with E-state index in [2.05, 4.69) is 20.1 Å². The first kappa shape index (κ1) is 21.6. The van der Waals surface area contributed by atoms with Crippen LogP contribution >= 0.6 is 11.8 Å². The minimum absolute atomic E-state index is 0.118. The lowest BCUT2D eigenvalue weighted by Crippen LogP contribution is -2.47. The van der Waals surface area contributed by atoms with Crippen molar-refractivity contribution >= 4 is 23.4 Å². The second kappa shape index (κ2) is 8.61. The third-order valence-electron chi connectivity index (χ3n) is 7.64. The molecule has 4 fully saturated rings. The van der Waals surface area contributed by atoms with Gasteiger partial charge in [-0.2, -0.15) is 0 Å². The van der Waals surface area contributed by atoms with Crippen LogP contribution in [0.25, 0.3) is 0 Å². The van der Waals surface area contributed by atoms with Crippen molar-refractivity contribution in [3.05, 3.63) is 24.0 Å². The maximum Gasteiger partial charge on any atom is 0.234 e. The number of nitrogens with one attached hydrogen (secondary N) is 1. The molecule has 8 heteroatoms. The van der Waals surface area contributed by atoms with Gasteiger partial charge in [-0.05, 0) is 73.8 Å². The van der Waals surface area contributed by atoms with Crippen molar-refractivity contribution in [2.45, 2.75) is 50.1 Å². The number of benzene rings is 1. The fraction of sp³-hybridized carbons (Fsp3) is 0.625. The number of hydrogen-bond acceptors (Lipinski definition) is 6. The van der Waals surface area contributed by atoms with E-state index in [1.165, 1.54) is 50.3 Å². The number of ether oxygens (including phenoxy) is 2. The van der Waals surface area contributed by atoms with Crippen LogP contribution in [0, 0.1) is 23.2 Å². The van der Waals surface area contributed by atoms with Gasteiger partial charge in [-0.15, -0.1) is 10.2 Å². The highest BCUT2D eigenvalue weighted by atomic mass is 32.2. The lowest BCUT2D eigenvalue weighted by molar-refractivity contribution is -0.113. The molecular weight excluding hydrogens is 424 g/mol. The van der Waals surface area contributed by atoms with Gasteiger partial charge in [0, 0.05) is 19.5 Å². The standard InChI is InChI=1S/C24H32N4O3S/c1-28-21(13-24-10-15-6-16(11-24)8-17(7-15)12-24)26-27-23(28)32-14-22(29)25-19-9-18(30-2)4-5-20(19)31-3/h4-5,9,15-17H,6-8,10-14H2,1-3H3,(H,25,29). The number of carbonyl (C=O) groups excluding carboxylic acids is 1. The highest BCUT2D eigenvalue weighted by Gasteiger charge is 2.51. The van der Waals surface area contributed by atoms with Gasteiger partial charge in [-0.25, -0.2) is 0 Å². The second-order valence-electron chi connectivity index (χ2n) is 9.96. The van der Waals surface area contributed by atoms with Gasteiger partial charge in [0.1, 0.15) is 17.3 Å². The number of carbonyl (C=O) groups is 1. The summed E-state index contributed by atoms with van der Waals surface area (Å²) in [7, 11) is 5.20. The van der Waals surface area contributed by atoms with Gasteiger partial charge in [0.2, 0.25) is 5.91 Å². The molecule has 1 aromatic carbocycles. The molecular formula is C24H32N4O3S. The highest BCUT2D eigenvalue weighted by Crippen LogP contribution is 2.61. The Morgan fingerprint density at radius 3 is 2.44 bits per heavy atom. The van der Waals surface area contributed by atoms with Gasteiger partial charge in [-0.1, -0.05) is 11.8 Å². The van der Waals surface area contributed by atoms with Crippen LogP contribution in [0.15, 0.2) is 23.4 Å². The molecule has 0 radical (unpaired) electrons. The Labute approximate surface area is 193 Å². The van der Waals surface area contributed by atoms with E-state index in [4.69, 9.17) is 9.47 Å². The Hall–Kier alpha value is -2.22. The minimum Gasteiger partial charge on any atom is -0.497 e. The third-order valence-corrected chi connectivity index (χ3v) is 8.66. The molecule has 1 heterocycles. The number of hydrogen-bond donors (Lipinski definition) is 1. The zero-order chi connectivity index (χ0) is 22.3. The first-order valence-corrected chi connectivity index (χ1v) is 12.5. The maximum absolute atomic E-state index is 12.6. The third kappa shape index (κ3) is 4.21. The smallest absolute Gasteiger partial charge is 0.234 e. The van der Waals surface area contributed by atoms with E-state index in [-0.39, 0.29) is 11.7 Å². The molecule has 7 nitrogen and oxygen atoms in total. The molecule has 4 bridgehead atoms. The Bertz CT molecular complexity index is 970. The fourth-order valence-electron chi connectivity index (χ4n) is 6.69. The molecule has 0 atom stereocenters. The number of rotatable bonds is 8. The van der Waals surface area contributed by atoms with Crippen LogP contribution in [0.4, 0.5) is 5.69 Å². The quantitative estimate of drug-likeness (QED) is 0.596. The number of methoxy groups -OCH3 is 2. The van der Waals surface area contributed by atoms with Gasteiger partial charge in [0.25, 0.3) is 0 Å². The Balaban J connectivity index is 1.21. The van der Waals surface area contributed by atoms with Crippen LogP contribution < -0.4 is 14.8 Å². The summed E-state index contributed by atoms with van der Waals surface area (Å²) >= 11 is 1.42. The summed E-state index contributed by atoms with van der Waals surface area (Å²) in [5.74, 6) is 5.25. The SMILES string of the molecule is COc1ccc(OC)c(NC(=O)CSc2nnc(CC34CC5CC(CC(C5)C3)C4)n2C)c1. The summed E-state index contributed by atoms with van der Waals surface area (Å²) in [6.45, 7) is 0. The highest BCUT2D eigenvalue weighted by molar-refractivity contribution is 7.99. The molecule has 0 saturated heterocycles. The molecule has 6 rings (SSSR count). The number of amides is 1. The van der Waals surface area contributed by atoms with Crippen LogP contribution in [-0.4, -0.2) is 40.6 Å². The summed E-state index contributed by atoms with van der Waals surface area (Å²) in [4.78, 5) is 12.6. The number of nitrogens with zero attached hydrogens (tertiary/aromatic N) is 3. The summed E-state index contributed by atoms with van der Waals surface area (Å²) in [5, 5.41) is 12.6. The zero-order valence-electron chi connectivity index (χ0n) is 19.1. The van der Waals surface area contributed by atoms with Crippen LogP contribution in [0.5, 0.6) is 11.5 Å². The molecule has 0 unspecified atom stereocenters. The van der Waals surface area contributed by atoms with Crippen LogP contribution in [0.2, 0.25) is 0 Å². The molecule has 4 aliphatic carbocycles. The van der Waals surface area contributed by atoms with Crippen molar-refractivity contribution in [1.82, 2.24) is 14.8 Å². The number of thioether (sulfide) groups is 1. The van der Waals surface area contributed by atoms with Crippen LogP contribution in [-0.2, 0) is 18.3 Å². The molecule has 1 aromatic heterocycles. The molecule has 32 heavy (non-hydrogen) atoms. The zero-order valence-corrected chi connectivity index (χ0v) is 19.9. The fourth-order valence-corrected chi connectivity index (χ4v) is 7.42. The summed E-state index contributed by atoms with van der Waals surface area (Å²) < 4.78 is 12.7. The predicted octanol–water partition coefficient (Wildman–Crippen LogP) is 4.32. The Morgan fingerprint density at radius 1 is 1.12 bits per heavy atom. The average Bonchev–Trinajstić information content (AvgIpc) is 3.10. The number of aromatic nitrogens is 3. The second-order valence-corrected chi connectivity index (χ2v) is 10.9. The van der Waals surface area contributed by atoms with Crippen molar-refractivity contribution < 1.29 is 14.3 Å². The lowest BCUT2D eigenvalue weighted by Gasteiger charge is -2.56. The van der Waals surface area contributed by atoms with Crippen LogP contribution in [0.3, 0.4) is 0 Å². The molecule has 0 aliphatic heterocycles. The van der Waals surface area contributed by atoms with Crippen molar-refractivity contribution in [2.24, 2.45) is 30.2 Å². The molecule has 4 aliphatic rings.